The first kappa shape index (κ1) is 20.7. The van der Waals surface area contributed by atoms with Crippen molar-refractivity contribution in [2.75, 3.05) is 18.4 Å². The Morgan fingerprint density at radius 1 is 1.23 bits per heavy atom. The number of anilines is 1. The highest BCUT2D eigenvalue weighted by Gasteiger charge is 2.30. The van der Waals surface area contributed by atoms with Crippen LogP contribution in [0.2, 0.25) is 0 Å². The first-order chi connectivity index (χ1) is 14.8. The minimum Gasteiger partial charge on any atom is -0.444 e. The molecule has 0 bridgehead atoms. The van der Waals surface area contributed by atoms with Gasteiger partial charge in [0, 0.05) is 19.1 Å². The van der Waals surface area contributed by atoms with E-state index in [2.05, 4.69) is 22.0 Å². The van der Waals surface area contributed by atoms with Gasteiger partial charge in [0.05, 0.1) is 29.2 Å². The van der Waals surface area contributed by atoms with Gasteiger partial charge in [0.15, 0.2) is 0 Å². The van der Waals surface area contributed by atoms with Crippen LogP contribution < -0.4 is 5.32 Å². The van der Waals surface area contributed by atoms with E-state index in [4.69, 9.17) is 15.0 Å². The molecule has 4 rings (SSSR count). The molecule has 31 heavy (non-hydrogen) atoms. The van der Waals surface area contributed by atoms with Crippen LogP contribution in [0.25, 0.3) is 11.0 Å². The summed E-state index contributed by atoms with van der Waals surface area (Å²) in [6.07, 6.45) is 0.558. The molecular weight excluding hydrogens is 390 g/mol. The highest BCUT2D eigenvalue weighted by molar-refractivity contribution is 5.79. The lowest BCUT2D eigenvalue weighted by atomic mass is 10.1. The lowest BCUT2D eigenvalue weighted by Gasteiger charge is -2.24. The summed E-state index contributed by atoms with van der Waals surface area (Å²) in [6, 6.07) is 17.9. The van der Waals surface area contributed by atoms with Crippen molar-refractivity contribution in [3.05, 3.63) is 59.7 Å². The third-order valence-electron chi connectivity index (χ3n) is 5.25. The lowest BCUT2D eigenvalue weighted by molar-refractivity contribution is 0.0293. The molecule has 3 aromatic rings. The van der Waals surface area contributed by atoms with Crippen molar-refractivity contribution in [2.24, 2.45) is 0 Å². The number of nitriles is 1. The molecule has 2 heterocycles. The summed E-state index contributed by atoms with van der Waals surface area (Å²) in [5.74, 6) is 0.779. The van der Waals surface area contributed by atoms with E-state index in [-0.39, 0.29) is 12.1 Å². The third-order valence-corrected chi connectivity index (χ3v) is 5.25. The van der Waals surface area contributed by atoms with E-state index in [9.17, 15) is 4.79 Å². The van der Waals surface area contributed by atoms with Gasteiger partial charge in [-0.1, -0.05) is 24.3 Å². The fourth-order valence-corrected chi connectivity index (χ4v) is 3.77. The van der Waals surface area contributed by atoms with E-state index in [1.165, 1.54) is 0 Å². The molecule has 1 amide bonds. The van der Waals surface area contributed by atoms with Crippen LogP contribution in [-0.4, -0.2) is 45.3 Å². The number of imidazole rings is 1. The maximum atomic E-state index is 12.4. The lowest BCUT2D eigenvalue weighted by Crippen LogP contribution is -2.36. The second-order valence-electron chi connectivity index (χ2n) is 8.88. The minimum absolute atomic E-state index is 0.101. The molecule has 1 aliphatic rings. The number of likely N-dealkylation sites (tertiary alicyclic amines) is 1. The molecule has 2 aromatic carbocycles. The predicted octanol–water partition coefficient (Wildman–Crippen LogP) is 4.38. The largest absolute Gasteiger partial charge is 0.444 e. The molecule has 0 aliphatic carbocycles. The van der Waals surface area contributed by atoms with Crippen molar-refractivity contribution < 1.29 is 9.53 Å². The topological polar surface area (TPSA) is 83.2 Å². The second-order valence-corrected chi connectivity index (χ2v) is 8.88. The van der Waals surface area contributed by atoms with Gasteiger partial charge >= 0.3 is 6.09 Å². The number of hydrogen-bond donors (Lipinski definition) is 1. The number of nitrogens with zero attached hydrogens (tertiary/aromatic N) is 4. The molecule has 0 spiro atoms. The van der Waals surface area contributed by atoms with Gasteiger partial charge in [-0.3, -0.25) is 0 Å². The average molecular weight is 418 g/mol. The minimum atomic E-state index is -0.502. The van der Waals surface area contributed by atoms with Gasteiger partial charge in [-0.15, -0.1) is 0 Å². The molecule has 160 valence electrons. The molecule has 1 N–H and O–H groups in total. The van der Waals surface area contributed by atoms with Crippen LogP contribution >= 0.6 is 0 Å². The van der Waals surface area contributed by atoms with Crippen molar-refractivity contribution in [1.29, 1.82) is 5.26 Å². The van der Waals surface area contributed by atoms with Crippen LogP contribution in [0, 0.1) is 11.3 Å². The summed E-state index contributed by atoms with van der Waals surface area (Å²) in [5.41, 5.74) is 3.19. The predicted molar refractivity (Wildman–Crippen MR) is 120 cm³/mol. The van der Waals surface area contributed by atoms with Gasteiger partial charge in [0.25, 0.3) is 0 Å². The second kappa shape index (κ2) is 8.31. The van der Waals surface area contributed by atoms with Crippen molar-refractivity contribution in [3.8, 4) is 6.07 Å². The number of aromatic nitrogens is 2. The first-order valence-electron chi connectivity index (χ1n) is 10.5. The van der Waals surface area contributed by atoms with Crippen LogP contribution in [-0.2, 0) is 11.3 Å². The van der Waals surface area contributed by atoms with Crippen molar-refractivity contribution in [2.45, 2.75) is 45.4 Å². The van der Waals surface area contributed by atoms with Crippen LogP contribution in [0.4, 0.5) is 10.7 Å². The van der Waals surface area contributed by atoms with Gasteiger partial charge in [-0.25, -0.2) is 9.78 Å². The van der Waals surface area contributed by atoms with E-state index >= 15 is 0 Å². The van der Waals surface area contributed by atoms with Crippen LogP contribution in [0.3, 0.4) is 0 Å². The highest BCUT2D eigenvalue weighted by Crippen LogP contribution is 2.24. The number of carbonyl (C=O) groups excluding carboxylic acids is 1. The van der Waals surface area contributed by atoms with E-state index < -0.39 is 5.60 Å². The molecule has 0 radical (unpaired) electrons. The summed E-state index contributed by atoms with van der Waals surface area (Å²) in [6.45, 7) is 7.50. The smallest absolute Gasteiger partial charge is 0.410 e. The quantitative estimate of drug-likeness (QED) is 0.681. The zero-order valence-electron chi connectivity index (χ0n) is 18.1. The number of ether oxygens (including phenoxy) is 1. The maximum absolute atomic E-state index is 12.4. The summed E-state index contributed by atoms with van der Waals surface area (Å²) >= 11 is 0. The Kier molecular flexibility index (Phi) is 5.55. The maximum Gasteiger partial charge on any atom is 0.410 e. The number of amides is 1. The van der Waals surface area contributed by atoms with Crippen LogP contribution in [0.5, 0.6) is 0 Å². The van der Waals surface area contributed by atoms with Gasteiger partial charge in [-0.05, 0) is 57.0 Å². The summed E-state index contributed by atoms with van der Waals surface area (Å²) in [5, 5.41) is 12.6. The summed E-state index contributed by atoms with van der Waals surface area (Å²) in [7, 11) is 0. The zero-order valence-corrected chi connectivity index (χ0v) is 18.1. The van der Waals surface area contributed by atoms with E-state index in [1.807, 2.05) is 63.2 Å². The fourth-order valence-electron chi connectivity index (χ4n) is 3.77. The highest BCUT2D eigenvalue weighted by atomic mass is 16.6. The number of benzene rings is 2. The Bertz CT molecular complexity index is 1120. The number of para-hydroxylation sites is 2. The van der Waals surface area contributed by atoms with Crippen molar-refractivity contribution in [1.82, 2.24) is 14.5 Å². The summed E-state index contributed by atoms with van der Waals surface area (Å²) in [4.78, 5) is 18.9. The molecule has 7 nitrogen and oxygen atoms in total. The average Bonchev–Trinajstić information content (AvgIpc) is 3.33. The third kappa shape index (κ3) is 4.80. The van der Waals surface area contributed by atoms with Crippen molar-refractivity contribution >= 4 is 23.1 Å². The molecule has 0 saturated carbocycles. The molecule has 1 unspecified atom stereocenters. The molecule has 1 aliphatic heterocycles. The molecule has 1 aromatic heterocycles. The molecule has 1 fully saturated rings. The number of nitrogens with one attached hydrogen (secondary N) is 1. The Balaban J connectivity index is 1.53. The van der Waals surface area contributed by atoms with E-state index in [0.717, 1.165) is 29.0 Å². The van der Waals surface area contributed by atoms with Gasteiger partial charge < -0.3 is 19.5 Å². The van der Waals surface area contributed by atoms with Gasteiger partial charge in [0.2, 0.25) is 5.95 Å². The Morgan fingerprint density at radius 3 is 2.68 bits per heavy atom. The van der Waals surface area contributed by atoms with E-state index in [1.54, 1.807) is 4.90 Å². The number of rotatable bonds is 4. The number of carbonyl (C=O) groups is 1. The van der Waals surface area contributed by atoms with Gasteiger partial charge in [-0.2, -0.15) is 5.26 Å². The van der Waals surface area contributed by atoms with E-state index in [0.29, 0.717) is 25.2 Å². The van der Waals surface area contributed by atoms with Crippen LogP contribution in [0.1, 0.15) is 38.3 Å². The number of fused-ring (bicyclic) bond motifs is 1. The number of hydrogen-bond acceptors (Lipinski definition) is 5. The fraction of sp³-hybridized carbons (Fsp3) is 0.375. The Morgan fingerprint density at radius 2 is 1.97 bits per heavy atom. The Labute approximate surface area is 182 Å². The molecular formula is C24H27N5O2. The summed E-state index contributed by atoms with van der Waals surface area (Å²) < 4.78 is 7.65. The standard InChI is InChI=1S/C24H27N5O2/c1-24(2,3)31-23(30)28-13-12-19(16-28)26-22-27-20-6-4-5-7-21(20)29(22)15-18-10-8-17(14-25)9-11-18/h4-11,19H,12-13,15-16H2,1-3H3,(H,26,27). The molecule has 1 atom stereocenters. The molecule has 1 saturated heterocycles. The van der Waals surface area contributed by atoms with Crippen LogP contribution in [0.15, 0.2) is 48.5 Å². The van der Waals surface area contributed by atoms with Gasteiger partial charge in [0.1, 0.15) is 5.60 Å². The SMILES string of the molecule is CC(C)(C)OC(=O)N1CCC(Nc2nc3ccccc3n2Cc2ccc(C#N)cc2)C1. The zero-order chi connectivity index (χ0) is 22.0. The molecule has 7 heteroatoms. The van der Waals surface area contributed by atoms with Crippen molar-refractivity contribution in [3.63, 3.8) is 0 Å². The monoisotopic (exact) mass is 417 g/mol. The Hall–Kier alpha value is -3.53. The normalized spacial score (nSPS) is 16.3. The first-order valence-corrected chi connectivity index (χ1v) is 10.5.